The fourth-order valence-electron chi connectivity index (χ4n) is 4.51. The molecule has 8 heteroatoms. The minimum atomic E-state index is -0.0929. The number of aryl methyl sites for hydroxylation is 1. The summed E-state index contributed by atoms with van der Waals surface area (Å²) < 4.78 is 1.76. The van der Waals surface area contributed by atoms with E-state index < -0.39 is 0 Å². The SMILES string of the molecule is Cc1c(N)cccc1-c1cc2cc(NC(=O)[C@@H]3[C@H](C)[C@H]3c3cnn(C)c3)ncc2c(N)n1. The van der Waals surface area contributed by atoms with Crippen molar-refractivity contribution in [3.8, 4) is 11.3 Å². The Morgan fingerprint density at radius 2 is 2.00 bits per heavy atom. The monoisotopic (exact) mass is 427 g/mol. The minimum Gasteiger partial charge on any atom is -0.398 e. The third-order valence-electron chi connectivity index (χ3n) is 6.44. The van der Waals surface area contributed by atoms with E-state index in [0.29, 0.717) is 17.3 Å². The van der Waals surface area contributed by atoms with Crippen molar-refractivity contribution in [1.82, 2.24) is 19.7 Å². The molecule has 162 valence electrons. The lowest BCUT2D eigenvalue weighted by Crippen LogP contribution is -2.16. The first-order valence-corrected chi connectivity index (χ1v) is 10.5. The Bertz CT molecular complexity index is 1360. The summed E-state index contributed by atoms with van der Waals surface area (Å²) in [6.45, 7) is 4.04. The van der Waals surface area contributed by atoms with Crippen LogP contribution in [0.1, 0.15) is 24.0 Å². The van der Waals surface area contributed by atoms with Gasteiger partial charge in [0.25, 0.3) is 0 Å². The van der Waals surface area contributed by atoms with Crippen molar-refractivity contribution in [2.75, 3.05) is 16.8 Å². The molecule has 0 saturated heterocycles. The van der Waals surface area contributed by atoms with Gasteiger partial charge in [0.1, 0.15) is 11.6 Å². The predicted molar refractivity (Wildman–Crippen MR) is 126 cm³/mol. The van der Waals surface area contributed by atoms with E-state index in [0.717, 1.165) is 33.2 Å². The molecule has 3 aromatic heterocycles. The molecule has 0 radical (unpaired) electrons. The van der Waals surface area contributed by atoms with Crippen molar-refractivity contribution < 1.29 is 4.79 Å². The minimum absolute atomic E-state index is 0.0351. The third kappa shape index (κ3) is 3.33. The molecule has 3 heterocycles. The molecule has 0 aliphatic heterocycles. The first kappa shape index (κ1) is 20.0. The van der Waals surface area contributed by atoms with Crippen molar-refractivity contribution in [1.29, 1.82) is 0 Å². The van der Waals surface area contributed by atoms with E-state index in [1.165, 1.54) is 0 Å². The molecule has 1 amide bonds. The summed E-state index contributed by atoms with van der Waals surface area (Å²) in [5.41, 5.74) is 16.7. The number of carbonyl (C=O) groups excluding carboxylic acids is 1. The molecule has 0 bridgehead atoms. The van der Waals surface area contributed by atoms with Crippen molar-refractivity contribution in [3.63, 3.8) is 0 Å². The molecule has 4 aromatic rings. The average Bonchev–Trinajstić information content (AvgIpc) is 3.24. The molecule has 1 fully saturated rings. The molecule has 5 N–H and O–H groups in total. The second-order valence-electron chi connectivity index (χ2n) is 8.55. The highest BCUT2D eigenvalue weighted by molar-refractivity contribution is 5.99. The van der Waals surface area contributed by atoms with Gasteiger partial charge in [0.2, 0.25) is 5.91 Å². The van der Waals surface area contributed by atoms with E-state index in [9.17, 15) is 4.79 Å². The number of carbonyl (C=O) groups is 1. The Kier molecular flexibility index (Phi) is 4.58. The molecular weight excluding hydrogens is 402 g/mol. The Hall–Kier alpha value is -3.94. The van der Waals surface area contributed by atoms with Crippen LogP contribution in [0.25, 0.3) is 22.0 Å². The lowest BCUT2D eigenvalue weighted by atomic mass is 10.0. The highest BCUT2D eigenvalue weighted by Crippen LogP contribution is 2.54. The van der Waals surface area contributed by atoms with E-state index >= 15 is 0 Å². The number of amides is 1. The second-order valence-corrected chi connectivity index (χ2v) is 8.55. The molecule has 0 spiro atoms. The van der Waals surface area contributed by atoms with Gasteiger partial charge in [-0.3, -0.25) is 9.48 Å². The molecule has 0 unspecified atom stereocenters. The Morgan fingerprint density at radius 1 is 1.19 bits per heavy atom. The van der Waals surface area contributed by atoms with Gasteiger partial charge in [0.15, 0.2) is 0 Å². The number of rotatable bonds is 4. The zero-order valence-electron chi connectivity index (χ0n) is 18.2. The predicted octanol–water partition coefficient (Wildman–Crippen LogP) is 3.49. The number of hydrogen-bond donors (Lipinski definition) is 3. The van der Waals surface area contributed by atoms with Gasteiger partial charge in [-0.2, -0.15) is 5.10 Å². The van der Waals surface area contributed by atoms with Gasteiger partial charge in [0.05, 0.1) is 11.9 Å². The van der Waals surface area contributed by atoms with Crippen LogP contribution in [0.15, 0.2) is 48.9 Å². The van der Waals surface area contributed by atoms with Gasteiger partial charge in [0, 0.05) is 47.9 Å². The summed E-state index contributed by atoms with van der Waals surface area (Å²) >= 11 is 0. The largest absolute Gasteiger partial charge is 0.398 e. The normalized spacial score (nSPS) is 19.8. The quantitative estimate of drug-likeness (QED) is 0.428. The van der Waals surface area contributed by atoms with Crippen LogP contribution in [-0.2, 0) is 11.8 Å². The topological polar surface area (TPSA) is 125 Å². The summed E-state index contributed by atoms with van der Waals surface area (Å²) in [5.74, 6) is 1.20. The first-order chi connectivity index (χ1) is 15.3. The highest BCUT2D eigenvalue weighted by Gasteiger charge is 2.52. The maximum atomic E-state index is 12.9. The molecule has 5 rings (SSSR count). The molecule has 1 aliphatic carbocycles. The van der Waals surface area contributed by atoms with Gasteiger partial charge in [-0.25, -0.2) is 9.97 Å². The van der Waals surface area contributed by atoms with Crippen LogP contribution in [0.5, 0.6) is 0 Å². The van der Waals surface area contributed by atoms with Crippen LogP contribution < -0.4 is 16.8 Å². The van der Waals surface area contributed by atoms with E-state index in [-0.39, 0.29) is 23.7 Å². The number of nitrogens with zero attached hydrogens (tertiary/aromatic N) is 4. The summed E-state index contributed by atoms with van der Waals surface area (Å²) in [7, 11) is 1.88. The smallest absolute Gasteiger partial charge is 0.229 e. The van der Waals surface area contributed by atoms with Crippen molar-refractivity contribution in [3.05, 3.63) is 60.0 Å². The summed E-state index contributed by atoms with van der Waals surface area (Å²) in [6.07, 6.45) is 5.45. The lowest BCUT2D eigenvalue weighted by molar-refractivity contribution is -0.117. The average molecular weight is 428 g/mol. The number of nitrogen functional groups attached to an aromatic ring is 2. The number of benzene rings is 1. The molecule has 1 aliphatic rings. The Labute approximate surface area is 185 Å². The number of nitrogens with one attached hydrogen (secondary N) is 1. The van der Waals surface area contributed by atoms with Gasteiger partial charge < -0.3 is 16.8 Å². The van der Waals surface area contributed by atoms with Gasteiger partial charge in [-0.15, -0.1) is 0 Å². The van der Waals surface area contributed by atoms with Crippen LogP contribution in [0, 0.1) is 18.8 Å². The fourth-order valence-corrected chi connectivity index (χ4v) is 4.51. The number of fused-ring (bicyclic) bond motifs is 1. The summed E-state index contributed by atoms with van der Waals surface area (Å²) in [4.78, 5) is 21.9. The maximum Gasteiger partial charge on any atom is 0.229 e. The van der Waals surface area contributed by atoms with Gasteiger partial charge >= 0.3 is 0 Å². The molecule has 8 nitrogen and oxygen atoms in total. The summed E-state index contributed by atoms with van der Waals surface area (Å²) in [5, 5.41) is 8.79. The standard InChI is InChI=1S/C24H25N7O/c1-12-16(5-4-6-18(12)25)19-7-14-8-20(27-10-17(14)23(26)29-19)30-24(32)22-13(2)21(22)15-9-28-31(3)11-15/h4-11,13,21-22H,25H2,1-3H3,(H2,26,29)(H,27,30,32)/t13-,21+,22-/m1/s1. The number of nitrogens with two attached hydrogens (primary N) is 2. The van der Waals surface area contributed by atoms with Gasteiger partial charge in [-0.05, 0) is 47.6 Å². The van der Waals surface area contributed by atoms with Crippen LogP contribution in [0.4, 0.5) is 17.3 Å². The molecular formula is C24H25N7O. The molecule has 3 atom stereocenters. The summed E-state index contributed by atoms with van der Waals surface area (Å²) in [6, 6.07) is 9.51. The number of hydrogen-bond acceptors (Lipinski definition) is 6. The molecule has 1 saturated carbocycles. The van der Waals surface area contributed by atoms with Crippen LogP contribution >= 0.6 is 0 Å². The van der Waals surface area contributed by atoms with E-state index in [1.54, 1.807) is 10.9 Å². The van der Waals surface area contributed by atoms with E-state index in [1.807, 2.05) is 56.7 Å². The zero-order valence-corrected chi connectivity index (χ0v) is 18.2. The third-order valence-corrected chi connectivity index (χ3v) is 6.44. The molecule has 1 aromatic carbocycles. The first-order valence-electron chi connectivity index (χ1n) is 10.5. The van der Waals surface area contributed by atoms with Crippen molar-refractivity contribution in [2.24, 2.45) is 18.9 Å². The van der Waals surface area contributed by atoms with E-state index in [4.69, 9.17) is 11.5 Å². The Balaban J connectivity index is 1.43. The second kappa shape index (κ2) is 7.33. The van der Waals surface area contributed by atoms with Crippen molar-refractivity contribution in [2.45, 2.75) is 19.8 Å². The zero-order chi connectivity index (χ0) is 22.6. The Morgan fingerprint density at radius 3 is 2.75 bits per heavy atom. The highest BCUT2D eigenvalue weighted by atomic mass is 16.2. The number of anilines is 3. The lowest BCUT2D eigenvalue weighted by Gasteiger charge is -2.11. The van der Waals surface area contributed by atoms with Gasteiger partial charge in [-0.1, -0.05) is 19.1 Å². The van der Waals surface area contributed by atoms with Crippen molar-refractivity contribution >= 4 is 34.0 Å². The molecule has 32 heavy (non-hydrogen) atoms. The van der Waals surface area contributed by atoms with Crippen LogP contribution in [-0.4, -0.2) is 25.7 Å². The van der Waals surface area contributed by atoms with Crippen LogP contribution in [0.2, 0.25) is 0 Å². The maximum absolute atomic E-state index is 12.9. The number of aromatic nitrogens is 4. The number of pyridine rings is 2. The van der Waals surface area contributed by atoms with Crippen LogP contribution in [0.3, 0.4) is 0 Å². The van der Waals surface area contributed by atoms with E-state index in [2.05, 4.69) is 27.3 Å². The fraction of sp³-hybridized carbons (Fsp3) is 0.250.